The largest absolute Gasteiger partial charge is 0.354 e. The third-order valence-electron chi connectivity index (χ3n) is 6.13. The number of H-pyrrole nitrogens is 2. The molecule has 7 rings (SSSR count). The third kappa shape index (κ3) is 1.68. The second-order valence-electron chi connectivity index (χ2n) is 7.57. The predicted octanol–water partition coefficient (Wildman–Crippen LogP) is 7.26. The number of benzene rings is 5. The van der Waals surface area contributed by atoms with Crippen LogP contribution in [-0.2, 0) is 0 Å². The predicted molar refractivity (Wildman–Crippen MR) is 120 cm³/mol. The second-order valence-corrected chi connectivity index (χ2v) is 7.57. The topological polar surface area (TPSA) is 31.6 Å². The van der Waals surface area contributed by atoms with Gasteiger partial charge in [-0.15, -0.1) is 0 Å². The van der Waals surface area contributed by atoms with Crippen molar-refractivity contribution in [2.24, 2.45) is 0 Å². The van der Waals surface area contributed by atoms with E-state index in [0.717, 1.165) is 0 Å². The first kappa shape index (κ1) is 14.3. The lowest BCUT2D eigenvalue weighted by Crippen LogP contribution is -1.81. The highest BCUT2D eigenvalue weighted by molar-refractivity contribution is 6.29. The zero-order chi connectivity index (χ0) is 18.2. The van der Waals surface area contributed by atoms with Crippen LogP contribution in [0.5, 0.6) is 0 Å². The number of aromatic nitrogens is 2. The van der Waals surface area contributed by atoms with Gasteiger partial charge in [-0.3, -0.25) is 0 Å². The zero-order valence-electron chi connectivity index (χ0n) is 15.1. The summed E-state index contributed by atoms with van der Waals surface area (Å²) in [6.45, 7) is 0. The van der Waals surface area contributed by atoms with Crippen LogP contribution in [0.3, 0.4) is 0 Å². The van der Waals surface area contributed by atoms with E-state index in [9.17, 15) is 0 Å². The molecule has 0 saturated heterocycles. The molecule has 0 aliphatic heterocycles. The van der Waals surface area contributed by atoms with Crippen LogP contribution in [0.1, 0.15) is 0 Å². The molecule has 0 amide bonds. The molecule has 130 valence electrons. The molecule has 28 heavy (non-hydrogen) atoms. The SMILES string of the molecule is c1ccc2c(c1)[nH]c1ccc3c4ccc5[nH]c6ccccc6c5c4ccc3c12. The number of aromatic amines is 2. The van der Waals surface area contributed by atoms with Gasteiger partial charge in [-0.25, -0.2) is 0 Å². The highest BCUT2D eigenvalue weighted by atomic mass is 14.7. The van der Waals surface area contributed by atoms with Crippen LogP contribution in [0.4, 0.5) is 0 Å². The van der Waals surface area contributed by atoms with E-state index < -0.39 is 0 Å². The van der Waals surface area contributed by atoms with Gasteiger partial charge in [0.25, 0.3) is 0 Å². The summed E-state index contributed by atoms with van der Waals surface area (Å²) in [6, 6.07) is 30.7. The molecule has 2 heterocycles. The first-order valence-corrected chi connectivity index (χ1v) is 9.64. The van der Waals surface area contributed by atoms with Gasteiger partial charge in [-0.1, -0.05) is 60.7 Å². The van der Waals surface area contributed by atoms with E-state index in [1.807, 2.05) is 0 Å². The second kappa shape index (κ2) is 4.93. The van der Waals surface area contributed by atoms with E-state index in [2.05, 4.69) is 94.9 Å². The standard InChI is InChI=1S/C26H16N2/c1-3-7-21-19(5-1)25-17-9-10-18-16(15(17)11-13-23(25)27-21)12-14-24-26(18)20-6-2-4-8-22(20)28-24/h1-14,27-28H. The van der Waals surface area contributed by atoms with Gasteiger partial charge in [-0.05, 0) is 45.8 Å². The fourth-order valence-corrected chi connectivity index (χ4v) is 4.92. The summed E-state index contributed by atoms with van der Waals surface area (Å²) in [6.07, 6.45) is 0. The summed E-state index contributed by atoms with van der Waals surface area (Å²) in [5, 5.41) is 10.4. The Kier molecular flexibility index (Phi) is 2.52. The fraction of sp³-hybridized carbons (Fsp3) is 0. The van der Waals surface area contributed by atoms with Crippen LogP contribution in [-0.4, -0.2) is 9.97 Å². The van der Waals surface area contributed by atoms with Crippen molar-refractivity contribution in [3.05, 3.63) is 84.9 Å². The van der Waals surface area contributed by atoms with E-state index in [1.165, 1.54) is 65.2 Å². The monoisotopic (exact) mass is 356 g/mol. The van der Waals surface area contributed by atoms with Crippen LogP contribution >= 0.6 is 0 Å². The van der Waals surface area contributed by atoms with Crippen molar-refractivity contribution in [3.8, 4) is 0 Å². The molecule has 0 aliphatic carbocycles. The molecule has 0 fully saturated rings. The summed E-state index contributed by atoms with van der Waals surface area (Å²) >= 11 is 0. The molecule has 7 aromatic rings. The van der Waals surface area contributed by atoms with E-state index in [4.69, 9.17) is 0 Å². The Morgan fingerprint density at radius 2 is 0.750 bits per heavy atom. The average molecular weight is 356 g/mol. The van der Waals surface area contributed by atoms with Gasteiger partial charge in [0.1, 0.15) is 0 Å². The van der Waals surface area contributed by atoms with Gasteiger partial charge in [0.15, 0.2) is 0 Å². The molecule has 0 saturated carbocycles. The van der Waals surface area contributed by atoms with Crippen LogP contribution in [0, 0.1) is 0 Å². The number of hydrogen-bond acceptors (Lipinski definition) is 0. The maximum atomic E-state index is 3.56. The van der Waals surface area contributed by atoms with Gasteiger partial charge < -0.3 is 9.97 Å². The van der Waals surface area contributed by atoms with Crippen LogP contribution < -0.4 is 0 Å². The smallest absolute Gasteiger partial charge is 0.0471 e. The van der Waals surface area contributed by atoms with Crippen molar-refractivity contribution in [2.45, 2.75) is 0 Å². The van der Waals surface area contributed by atoms with E-state index >= 15 is 0 Å². The molecule has 0 unspecified atom stereocenters. The van der Waals surface area contributed by atoms with Gasteiger partial charge in [-0.2, -0.15) is 0 Å². The Bertz CT molecular complexity index is 1580. The maximum Gasteiger partial charge on any atom is 0.0471 e. The molecule has 2 nitrogen and oxygen atoms in total. The molecule has 0 bridgehead atoms. The van der Waals surface area contributed by atoms with Gasteiger partial charge in [0, 0.05) is 43.6 Å². The van der Waals surface area contributed by atoms with Crippen molar-refractivity contribution in [1.29, 1.82) is 0 Å². The Morgan fingerprint density at radius 1 is 0.321 bits per heavy atom. The van der Waals surface area contributed by atoms with Crippen LogP contribution in [0.15, 0.2) is 84.9 Å². The van der Waals surface area contributed by atoms with Crippen LogP contribution in [0.2, 0.25) is 0 Å². The summed E-state index contributed by atoms with van der Waals surface area (Å²) in [5.41, 5.74) is 4.77. The van der Waals surface area contributed by atoms with Crippen LogP contribution in [0.25, 0.3) is 65.2 Å². The van der Waals surface area contributed by atoms with Crippen molar-refractivity contribution in [3.63, 3.8) is 0 Å². The Hall–Kier alpha value is -3.78. The summed E-state index contributed by atoms with van der Waals surface area (Å²) in [5.74, 6) is 0. The van der Waals surface area contributed by atoms with Crippen molar-refractivity contribution in [2.75, 3.05) is 0 Å². The average Bonchev–Trinajstić information content (AvgIpc) is 3.31. The van der Waals surface area contributed by atoms with E-state index in [1.54, 1.807) is 0 Å². The normalized spacial score (nSPS) is 12.3. The molecule has 2 N–H and O–H groups in total. The number of fused-ring (bicyclic) bond motifs is 11. The molecule has 2 aromatic heterocycles. The molecule has 2 heteroatoms. The van der Waals surface area contributed by atoms with Gasteiger partial charge in [0.05, 0.1) is 0 Å². The summed E-state index contributed by atoms with van der Waals surface area (Å²) < 4.78 is 0. The molecule has 0 radical (unpaired) electrons. The molecular weight excluding hydrogens is 340 g/mol. The maximum absolute atomic E-state index is 3.56. The van der Waals surface area contributed by atoms with Gasteiger partial charge in [0.2, 0.25) is 0 Å². The molecule has 0 aliphatic rings. The summed E-state index contributed by atoms with van der Waals surface area (Å²) in [7, 11) is 0. The van der Waals surface area contributed by atoms with Crippen molar-refractivity contribution in [1.82, 2.24) is 9.97 Å². The third-order valence-corrected chi connectivity index (χ3v) is 6.13. The Labute approximate surface area is 160 Å². The molecule has 0 spiro atoms. The minimum atomic E-state index is 1.19. The quantitative estimate of drug-likeness (QED) is 0.268. The lowest BCUT2D eigenvalue weighted by molar-refractivity contribution is 1.55. The van der Waals surface area contributed by atoms with E-state index in [-0.39, 0.29) is 0 Å². The number of hydrogen-bond donors (Lipinski definition) is 2. The Morgan fingerprint density at radius 3 is 1.25 bits per heavy atom. The summed E-state index contributed by atoms with van der Waals surface area (Å²) in [4.78, 5) is 7.13. The molecule has 5 aromatic carbocycles. The highest BCUT2D eigenvalue weighted by Gasteiger charge is 2.13. The first-order valence-electron chi connectivity index (χ1n) is 9.64. The number of nitrogens with one attached hydrogen (secondary N) is 2. The zero-order valence-corrected chi connectivity index (χ0v) is 15.1. The van der Waals surface area contributed by atoms with E-state index in [0.29, 0.717) is 0 Å². The molecular formula is C26H16N2. The molecule has 0 atom stereocenters. The Balaban J connectivity index is 1.72. The van der Waals surface area contributed by atoms with Crippen molar-refractivity contribution >= 4 is 65.2 Å². The number of rotatable bonds is 0. The first-order chi connectivity index (χ1) is 13.9. The lowest BCUT2D eigenvalue weighted by Gasteiger charge is -2.07. The highest BCUT2D eigenvalue weighted by Crippen LogP contribution is 2.39. The number of para-hydroxylation sites is 2. The van der Waals surface area contributed by atoms with Gasteiger partial charge >= 0.3 is 0 Å². The van der Waals surface area contributed by atoms with Crippen molar-refractivity contribution < 1.29 is 0 Å². The fourth-order valence-electron chi connectivity index (χ4n) is 4.92. The minimum absolute atomic E-state index is 1.19. The minimum Gasteiger partial charge on any atom is -0.354 e. The lowest BCUT2D eigenvalue weighted by atomic mass is 9.96.